The zero-order valence-corrected chi connectivity index (χ0v) is 23.6. The number of aromatic nitrogens is 2. The molecule has 1 aromatic carbocycles. The SMILES string of the molecule is C=CCOC(=O)[C@H]1O[C@@H](OC(=O)CC2CCC(c3ccc(-c4nc(C(N)=O)c(C)nc4C)cc3)CC2)[C@H](O)[C@@H](O)[C@@H]1O. The smallest absolute Gasteiger partial charge is 0.338 e. The number of aliphatic hydroxyl groups excluding tert-OH is 3. The van der Waals surface area contributed by atoms with Gasteiger partial charge in [0.05, 0.1) is 17.1 Å². The maximum atomic E-state index is 12.7. The maximum Gasteiger partial charge on any atom is 0.338 e. The summed E-state index contributed by atoms with van der Waals surface area (Å²) in [4.78, 5) is 45.4. The molecule has 2 aromatic rings. The van der Waals surface area contributed by atoms with Crippen LogP contribution in [0.3, 0.4) is 0 Å². The molecule has 2 heterocycles. The van der Waals surface area contributed by atoms with Gasteiger partial charge in [-0.15, -0.1) is 0 Å². The number of nitrogens with two attached hydrogens (primary N) is 1. The van der Waals surface area contributed by atoms with E-state index in [9.17, 15) is 29.7 Å². The van der Waals surface area contributed by atoms with Crippen molar-refractivity contribution in [2.45, 2.75) is 82.6 Å². The minimum absolute atomic E-state index is 0.0512. The number of benzene rings is 1. The Balaban J connectivity index is 1.31. The molecule has 5 atom stereocenters. The van der Waals surface area contributed by atoms with E-state index in [0.717, 1.165) is 36.8 Å². The highest BCUT2D eigenvalue weighted by molar-refractivity contribution is 5.92. The van der Waals surface area contributed by atoms with Gasteiger partial charge in [0.25, 0.3) is 5.91 Å². The highest BCUT2D eigenvalue weighted by atomic mass is 16.7. The summed E-state index contributed by atoms with van der Waals surface area (Å²) in [5.41, 5.74) is 9.40. The Labute approximate surface area is 243 Å². The van der Waals surface area contributed by atoms with E-state index in [2.05, 4.69) is 16.5 Å². The van der Waals surface area contributed by atoms with Gasteiger partial charge in [0, 0.05) is 12.0 Å². The number of hydrogen-bond acceptors (Lipinski definition) is 11. The van der Waals surface area contributed by atoms with E-state index in [1.807, 2.05) is 31.2 Å². The van der Waals surface area contributed by atoms with Crippen molar-refractivity contribution in [3.63, 3.8) is 0 Å². The van der Waals surface area contributed by atoms with Gasteiger partial charge in [-0.25, -0.2) is 9.78 Å². The van der Waals surface area contributed by atoms with Gasteiger partial charge in [-0.1, -0.05) is 36.9 Å². The van der Waals surface area contributed by atoms with E-state index in [0.29, 0.717) is 23.0 Å². The summed E-state index contributed by atoms with van der Waals surface area (Å²) in [5, 5.41) is 30.5. The van der Waals surface area contributed by atoms with Crippen molar-refractivity contribution in [2.24, 2.45) is 11.7 Å². The molecule has 1 aliphatic carbocycles. The number of primary amides is 1. The van der Waals surface area contributed by atoms with Gasteiger partial charge in [-0.2, -0.15) is 0 Å². The largest absolute Gasteiger partial charge is 0.459 e. The van der Waals surface area contributed by atoms with Crippen molar-refractivity contribution in [1.29, 1.82) is 0 Å². The van der Waals surface area contributed by atoms with Gasteiger partial charge in [0.2, 0.25) is 6.29 Å². The number of esters is 2. The van der Waals surface area contributed by atoms with Crippen LogP contribution in [0.4, 0.5) is 0 Å². The summed E-state index contributed by atoms with van der Waals surface area (Å²) in [7, 11) is 0. The molecule has 2 aliphatic rings. The van der Waals surface area contributed by atoms with Crippen LogP contribution in [0.5, 0.6) is 0 Å². The van der Waals surface area contributed by atoms with Crippen LogP contribution in [-0.4, -0.2) is 80.4 Å². The molecule has 226 valence electrons. The van der Waals surface area contributed by atoms with Crippen LogP contribution in [0.25, 0.3) is 11.3 Å². The zero-order chi connectivity index (χ0) is 30.6. The fourth-order valence-electron chi connectivity index (χ4n) is 5.53. The van der Waals surface area contributed by atoms with Crippen LogP contribution in [0.15, 0.2) is 36.9 Å². The molecule has 12 nitrogen and oxygen atoms in total. The Morgan fingerprint density at radius 1 is 1.00 bits per heavy atom. The number of hydrogen-bond donors (Lipinski definition) is 4. The summed E-state index contributed by atoms with van der Waals surface area (Å²) in [6.07, 6.45) is -3.85. The standard InChI is InChI=1S/C30H37N3O9/c1-4-13-40-29(39)27-25(36)24(35)26(37)30(42-27)41-21(34)14-17-5-7-18(8-6-17)19-9-11-20(12-10-19)22-15(2)32-16(3)23(33-22)28(31)38/h4,9-12,17-18,24-27,30,35-37H,1,5-8,13-14H2,2-3H3,(H2,31,38)/t17?,18?,24-,25-,26+,27-,30+/m0/s1. The molecular formula is C30H37N3O9. The van der Waals surface area contributed by atoms with Crippen molar-refractivity contribution in [3.05, 3.63) is 59.6 Å². The normalized spacial score (nSPS) is 27.6. The third-order valence-corrected chi connectivity index (χ3v) is 7.83. The molecular weight excluding hydrogens is 546 g/mol. The van der Waals surface area contributed by atoms with Gasteiger partial charge in [-0.3, -0.25) is 14.6 Å². The third-order valence-electron chi connectivity index (χ3n) is 7.83. The number of carbonyl (C=O) groups excluding carboxylic acids is 3. The number of ether oxygens (including phenoxy) is 3. The zero-order valence-electron chi connectivity index (χ0n) is 23.6. The van der Waals surface area contributed by atoms with E-state index < -0.39 is 48.6 Å². The van der Waals surface area contributed by atoms with Crippen LogP contribution in [0.2, 0.25) is 0 Å². The van der Waals surface area contributed by atoms with Crippen molar-refractivity contribution in [2.75, 3.05) is 6.61 Å². The first-order valence-electron chi connectivity index (χ1n) is 13.9. The predicted molar refractivity (Wildman–Crippen MR) is 149 cm³/mol. The Hall–Kier alpha value is -3.71. The quantitative estimate of drug-likeness (QED) is 0.248. The van der Waals surface area contributed by atoms with Gasteiger partial charge < -0.3 is 35.3 Å². The molecule has 1 amide bonds. The van der Waals surface area contributed by atoms with E-state index in [1.54, 1.807) is 6.92 Å². The van der Waals surface area contributed by atoms with Gasteiger partial charge in [0.1, 0.15) is 30.6 Å². The summed E-state index contributed by atoms with van der Waals surface area (Å²) in [5.74, 6) is -1.88. The van der Waals surface area contributed by atoms with E-state index in [1.165, 1.54) is 6.08 Å². The lowest BCUT2D eigenvalue weighted by Gasteiger charge is -2.38. The lowest BCUT2D eigenvalue weighted by atomic mass is 9.77. The van der Waals surface area contributed by atoms with Crippen molar-refractivity contribution in [1.82, 2.24) is 9.97 Å². The van der Waals surface area contributed by atoms with Crippen LogP contribution in [0.1, 0.15) is 65.5 Å². The summed E-state index contributed by atoms with van der Waals surface area (Å²) >= 11 is 0. The second kappa shape index (κ2) is 13.5. The monoisotopic (exact) mass is 583 g/mol. The van der Waals surface area contributed by atoms with Crippen molar-refractivity contribution < 1.29 is 43.9 Å². The molecule has 5 N–H and O–H groups in total. The number of aliphatic hydroxyl groups is 3. The van der Waals surface area contributed by atoms with Gasteiger partial charge >= 0.3 is 11.9 Å². The third kappa shape index (κ3) is 7.01. The second-order valence-electron chi connectivity index (χ2n) is 10.8. The summed E-state index contributed by atoms with van der Waals surface area (Å²) in [6.45, 7) is 6.82. The molecule has 1 aromatic heterocycles. The van der Waals surface area contributed by atoms with Crippen LogP contribution in [0, 0.1) is 19.8 Å². The summed E-state index contributed by atoms with van der Waals surface area (Å²) < 4.78 is 15.4. The maximum absolute atomic E-state index is 12.7. The molecule has 12 heteroatoms. The lowest BCUT2D eigenvalue weighted by molar-refractivity contribution is -0.287. The highest BCUT2D eigenvalue weighted by Gasteiger charge is 2.49. The Morgan fingerprint density at radius 3 is 2.29 bits per heavy atom. The van der Waals surface area contributed by atoms with Crippen LogP contribution >= 0.6 is 0 Å². The Kier molecular flexibility index (Phi) is 10.0. The molecule has 2 fully saturated rings. The van der Waals surface area contributed by atoms with Crippen molar-refractivity contribution >= 4 is 17.8 Å². The molecule has 1 saturated heterocycles. The minimum atomic E-state index is -1.77. The van der Waals surface area contributed by atoms with Crippen molar-refractivity contribution in [3.8, 4) is 11.3 Å². The number of amides is 1. The fraction of sp³-hybridized carbons (Fsp3) is 0.500. The number of aryl methyl sites for hydroxylation is 2. The highest BCUT2D eigenvalue weighted by Crippen LogP contribution is 2.38. The molecule has 0 unspecified atom stereocenters. The topological polar surface area (TPSA) is 191 Å². The fourth-order valence-corrected chi connectivity index (χ4v) is 5.53. The molecule has 0 radical (unpaired) electrons. The van der Waals surface area contributed by atoms with E-state index in [4.69, 9.17) is 19.9 Å². The first-order chi connectivity index (χ1) is 20.0. The molecule has 1 aliphatic heterocycles. The first-order valence-corrected chi connectivity index (χ1v) is 13.9. The predicted octanol–water partition coefficient (Wildman–Crippen LogP) is 1.60. The lowest BCUT2D eigenvalue weighted by Crippen LogP contribution is -2.61. The molecule has 0 bridgehead atoms. The number of rotatable bonds is 9. The van der Waals surface area contributed by atoms with Crippen LogP contribution in [-0.2, 0) is 23.8 Å². The van der Waals surface area contributed by atoms with E-state index in [-0.39, 0.29) is 24.6 Å². The second-order valence-corrected chi connectivity index (χ2v) is 10.8. The average molecular weight is 584 g/mol. The summed E-state index contributed by atoms with van der Waals surface area (Å²) in [6, 6.07) is 7.99. The molecule has 4 rings (SSSR count). The molecule has 42 heavy (non-hydrogen) atoms. The molecule has 1 saturated carbocycles. The number of nitrogens with zero attached hydrogens (tertiary/aromatic N) is 2. The van der Waals surface area contributed by atoms with Gasteiger partial charge in [-0.05, 0) is 56.9 Å². The van der Waals surface area contributed by atoms with E-state index >= 15 is 0 Å². The van der Waals surface area contributed by atoms with Gasteiger partial charge in [0.15, 0.2) is 6.10 Å². The first kappa shape index (κ1) is 31.2. The Bertz CT molecular complexity index is 1310. The minimum Gasteiger partial charge on any atom is -0.459 e. The Morgan fingerprint density at radius 2 is 1.67 bits per heavy atom. The van der Waals surface area contributed by atoms with Crippen LogP contribution < -0.4 is 5.73 Å². The average Bonchev–Trinajstić information content (AvgIpc) is 2.96. The number of carbonyl (C=O) groups is 3. The molecule has 0 spiro atoms.